The minimum atomic E-state index is 0.169. The summed E-state index contributed by atoms with van der Waals surface area (Å²) in [5.74, 6) is 1.14. The van der Waals surface area contributed by atoms with E-state index in [4.69, 9.17) is 0 Å². The second-order valence-electron chi connectivity index (χ2n) is 5.09. The number of imidazole rings is 1. The maximum Gasteiger partial charge on any atom is 0.182 e. The summed E-state index contributed by atoms with van der Waals surface area (Å²) in [6.07, 6.45) is 7.98. The molecule has 98 valence electrons. The Balaban J connectivity index is 1.81. The number of fused-ring (bicyclic) bond motifs is 1. The SMILES string of the molecule is CCc1nccn1CC(=O)c1ccc2c(c1)CCC2. The van der Waals surface area contributed by atoms with Gasteiger partial charge in [-0.2, -0.15) is 0 Å². The van der Waals surface area contributed by atoms with E-state index in [0.29, 0.717) is 6.54 Å². The minimum Gasteiger partial charge on any atom is -0.327 e. The number of rotatable bonds is 4. The Morgan fingerprint density at radius 2 is 2.16 bits per heavy atom. The molecule has 1 aliphatic rings. The molecule has 0 radical (unpaired) electrons. The van der Waals surface area contributed by atoms with Crippen LogP contribution in [0.15, 0.2) is 30.6 Å². The molecule has 0 N–H and O–H groups in total. The molecule has 0 unspecified atom stereocenters. The summed E-state index contributed by atoms with van der Waals surface area (Å²) in [6.45, 7) is 2.45. The van der Waals surface area contributed by atoms with Gasteiger partial charge >= 0.3 is 0 Å². The van der Waals surface area contributed by atoms with Crippen molar-refractivity contribution in [1.29, 1.82) is 0 Å². The van der Waals surface area contributed by atoms with Crippen molar-refractivity contribution in [2.75, 3.05) is 0 Å². The van der Waals surface area contributed by atoms with E-state index in [9.17, 15) is 4.79 Å². The van der Waals surface area contributed by atoms with Gasteiger partial charge in [0.1, 0.15) is 5.82 Å². The molecule has 1 aromatic heterocycles. The van der Waals surface area contributed by atoms with Gasteiger partial charge in [-0.3, -0.25) is 4.79 Å². The molecular weight excluding hydrogens is 236 g/mol. The van der Waals surface area contributed by atoms with E-state index in [0.717, 1.165) is 30.7 Å². The highest BCUT2D eigenvalue weighted by Gasteiger charge is 2.14. The largest absolute Gasteiger partial charge is 0.327 e. The number of carbonyl (C=O) groups excluding carboxylic acids is 1. The number of hydrogen-bond acceptors (Lipinski definition) is 2. The van der Waals surface area contributed by atoms with Crippen LogP contribution < -0.4 is 0 Å². The molecule has 0 fully saturated rings. The highest BCUT2D eigenvalue weighted by Crippen LogP contribution is 2.23. The van der Waals surface area contributed by atoms with Gasteiger partial charge in [-0.05, 0) is 36.5 Å². The molecule has 1 aliphatic carbocycles. The fourth-order valence-corrected chi connectivity index (χ4v) is 2.79. The Hall–Kier alpha value is -1.90. The molecule has 0 saturated heterocycles. The second-order valence-corrected chi connectivity index (χ2v) is 5.09. The van der Waals surface area contributed by atoms with Crippen molar-refractivity contribution in [3.05, 3.63) is 53.1 Å². The lowest BCUT2D eigenvalue weighted by atomic mass is 10.0. The van der Waals surface area contributed by atoms with Crippen LogP contribution in [0.1, 0.15) is 40.7 Å². The van der Waals surface area contributed by atoms with Gasteiger partial charge in [0.05, 0.1) is 6.54 Å². The third-order valence-electron chi connectivity index (χ3n) is 3.85. The van der Waals surface area contributed by atoms with Crippen molar-refractivity contribution in [3.63, 3.8) is 0 Å². The number of carbonyl (C=O) groups is 1. The molecule has 0 aliphatic heterocycles. The fraction of sp³-hybridized carbons (Fsp3) is 0.375. The third kappa shape index (κ3) is 2.33. The number of hydrogen-bond donors (Lipinski definition) is 0. The van der Waals surface area contributed by atoms with Crippen LogP contribution in [-0.4, -0.2) is 15.3 Å². The van der Waals surface area contributed by atoms with Crippen LogP contribution in [0, 0.1) is 0 Å². The van der Waals surface area contributed by atoms with Crippen molar-refractivity contribution in [2.45, 2.75) is 39.2 Å². The summed E-state index contributed by atoms with van der Waals surface area (Å²) in [5.41, 5.74) is 3.59. The first-order chi connectivity index (χ1) is 9.28. The van der Waals surface area contributed by atoms with Crippen molar-refractivity contribution in [1.82, 2.24) is 9.55 Å². The number of aromatic nitrogens is 2. The normalized spacial score (nSPS) is 13.5. The van der Waals surface area contributed by atoms with Crippen LogP contribution in [0.25, 0.3) is 0 Å². The molecule has 0 spiro atoms. The van der Waals surface area contributed by atoms with Crippen LogP contribution in [0.4, 0.5) is 0 Å². The summed E-state index contributed by atoms with van der Waals surface area (Å²) in [7, 11) is 0. The fourth-order valence-electron chi connectivity index (χ4n) is 2.79. The first kappa shape index (κ1) is 12.2. The van der Waals surface area contributed by atoms with E-state index >= 15 is 0 Å². The average Bonchev–Trinajstić information content (AvgIpc) is 3.05. The van der Waals surface area contributed by atoms with E-state index in [-0.39, 0.29) is 5.78 Å². The highest BCUT2D eigenvalue weighted by molar-refractivity contribution is 5.96. The molecule has 3 rings (SSSR count). The third-order valence-corrected chi connectivity index (χ3v) is 3.85. The van der Waals surface area contributed by atoms with Gasteiger partial charge in [0.25, 0.3) is 0 Å². The van der Waals surface area contributed by atoms with Crippen molar-refractivity contribution >= 4 is 5.78 Å². The zero-order valence-corrected chi connectivity index (χ0v) is 11.2. The van der Waals surface area contributed by atoms with Gasteiger partial charge in [0, 0.05) is 24.4 Å². The number of ketones is 1. The minimum absolute atomic E-state index is 0.169. The topological polar surface area (TPSA) is 34.9 Å². The predicted molar refractivity (Wildman–Crippen MR) is 74.4 cm³/mol. The molecule has 1 aromatic carbocycles. The Kier molecular flexibility index (Phi) is 3.20. The van der Waals surface area contributed by atoms with Gasteiger partial charge < -0.3 is 4.57 Å². The Labute approximate surface area is 113 Å². The molecule has 0 saturated carbocycles. The lowest BCUT2D eigenvalue weighted by Gasteiger charge is -2.07. The zero-order valence-electron chi connectivity index (χ0n) is 11.2. The summed E-state index contributed by atoms with van der Waals surface area (Å²) in [4.78, 5) is 16.6. The molecule has 1 heterocycles. The van der Waals surface area contributed by atoms with Crippen LogP contribution in [0.5, 0.6) is 0 Å². The summed E-state index contributed by atoms with van der Waals surface area (Å²) in [6, 6.07) is 6.16. The van der Waals surface area contributed by atoms with Crippen LogP contribution in [-0.2, 0) is 25.8 Å². The van der Waals surface area contributed by atoms with Gasteiger partial charge in [-0.15, -0.1) is 0 Å². The van der Waals surface area contributed by atoms with E-state index in [1.807, 2.05) is 16.8 Å². The standard InChI is InChI=1S/C16H18N2O/c1-2-16-17-8-9-18(16)11-15(19)14-7-6-12-4-3-5-13(12)10-14/h6-10H,2-5,11H2,1H3. The molecule has 2 aromatic rings. The first-order valence-electron chi connectivity index (χ1n) is 6.93. The molecule has 0 amide bonds. The van der Waals surface area contributed by atoms with E-state index in [2.05, 4.69) is 24.0 Å². The van der Waals surface area contributed by atoms with Crippen LogP contribution in [0.3, 0.4) is 0 Å². The van der Waals surface area contributed by atoms with Gasteiger partial charge in [-0.1, -0.05) is 19.1 Å². The van der Waals surface area contributed by atoms with Gasteiger partial charge in [-0.25, -0.2) is 4.98 Å². The van der Waals surface area contributed by atoms with Crippen molar-refractivity contribution in [2.24, 2.45) is 0 Å². The second kappa shape index (κ2) is 5.00. The molecule has 3 heteroatoms. The van der Waals surface area contributed by atoms with Crippen molar-refractivity contribution < 1.29 is 4.79 Å². The number of benzene rings is 1. The molecule has 0 bridgehead atoms. The smallest absolute Gasteiger partial charge is 0.182 e. The average molecular weight is 254 g/mol. The zero-order chi connectivity index (χ0) is 13.2. The lowest BCUT2D eigenvalue weighted by molar-refractivity contribution is 0.0971. The molecule has 19 heavy (non-hydrogen) atoms. The maximum absolute atomic E-state index is 12.3. The number of Topliss-reactive ketones (excluding diaryl/α,β-unsaturated/α-hetero) is 1. The molecular formula is C16H18N2O. The van der Waals surface area contributed by atoms with Crippen LogP contribution in [0.2, 0.25) is 0 Å². The number of nitrogens with zero attached hydrogens (tertiary/aromatic N) is 2. The number of aryl methyl sites for hydroxylation is 3. The quantitative estimate of drug-likeness (QED) is 0.786. The van der Waals surface area contributed by atoms with Crippen LogP contribution >= 0.6 is 0 Å². The summed E-state index contributed by atoms with van der Waals surface area (Å²) in [5, 5.41) is 0. The molecule has 3 nitrogen and oxygen atoms in total. The Bertz CT molecular complexity index is 613. The summed E-state index contributed by atoms with van der Waals surface area (Å²) < 4.78 is 1.94. The van der Waals surface area contributed by atoms with E-state index in [1.165, 1.54) is 17.5 Å². The Morgan fingerprint density at radius 1 is 1.32 bits per heavy atom. The van der Waals surface area contributed by atoms with Gasteiger partial charge in [0.15, 0.2) is 5.78 Å². The maximum atomic E-state index is 12.3. The highest BCUT2D eigenvalue weighted by atomic mass is 16.1. The lowest BCUT2D eigenvalue weighted by Crippen LogP contribution is -2.12. The summed E-state index contributed by atoms with van der Waals surface area (Å²) >= 11 is 0. The predicted octanol–water partition coefficient (Wildman–Crippen LogP) is 2.82. The van der Waals surface area contributed by atoms with E-state index in [1.54, 1.807) is 6.20 Å². The monoisotopic (exact) mass is 254 g/mol. The first-order valence-corrected chi connectivity index (χ1v) is 6.93. The van der Waals surface area contributed by atoms with Gasteiger partial charge in [0.2, 0.25) is 0 Å². The van der Waals surface area contributed by atoms with E-state index < -0.39 is 0 Å². The molecule has 0 atom stereocenters. The Morgan fingerprint density at radius 3 is 3.00 bits per heavy atom. The van der Waals surface area contributed by atoms with Crippen molar-refractivity contribution in [3.8, 4) is 0 Å².